The number of benzene rings is 3. The summed E-state index contributed by atoms with van der Waals surface area (Å²) in [6.45, 7) is 1.85. The lowest BCUT2D eigenvalue weighted by Gasteiger charge is -2.12. The molecular weight excluding hydrogens is 429 g/mol. The molecule has 27 heavy (non-hydrogen) atoms. The van der Waals surface area contributed by atoms with Crippen molar-refractivity contribution >= 4 is 52.3 Å². The van der Waals surface area contributed by atoms with E-state index in [-0.39, 0.29) is 16.5 Å². The number of hydrogen-bond acceptors (Lipinski definition) is 4. The van der Waals surface area contributed by atoms with Gasteiger partial charge in [-0.2, -0.15) is 0 Å². The van der Waals surface area contributed by atoms with Crippen molar-refractivity contribution in [2.24, 2.45) is 0 Å². The van der Waals surface area contributed by atoms with Gasteiger partial charge in [0.1, 0.15) is 10.8 Å². The standard InChI is InChI=1S/C19H12Cl3NO3S/c1-11-9-14(21)17(10-13(11)20)27-16-8-7-15(23(24)25)19(18(16)22)26-12-5-3-2-4-6-12/h2-10H,1H3. The minimum absolute atomic E-state index is 0.0211. The number of para-hydroxylation sites is 1. The van der Waals surface area contributed by atoms with Crippen molar-refractivity contribution in [1.29, 1.82) is 0 Å². The van der Waals surface area contributed by atoms with Crippen molar-refractivity contribution in [2.75, 3.05) is 0 Å². The summed E-state index contributed by atoms with van der Waals surface area (Å²) in [5, 5.41) is 12.6. The summed E-state index contributed by atoms with van der Waals surface area (Å²) < 4.78 is 5.71. The molecule has 0 atom stereocenters. The molecule has 0 saturated carbocycles. The molecule has 0 spiro atoms. The third kappa shape index (κ3) is 4.50. The average Bonchev–Trinajstić information content (AvgIpc) is 2.63. The molecule has 3 aromatic carbocycles. The van der Waals surface area contributed by atoms with E-state index < -0.39 is 4.92 Å². The molecule has 138 valence electrons. The van der Waals surface area contributed by atoms with E-state index in [1.54, 1.807) is 42.5 Å². The highest BCUT2D eigenvalue weighted by Gasteiger charge is 2.23. The largest absolute Gasteiger partial charge is 0.448 e. The van der Waals surface area contributed by atoms with Crippen LogP contribution in [-0.4, -0.2) is 4.92 Å². The van der Waals surface area contributed by atoms with E-state index in [0.717, 1.165) is 5.56 Å². The van der Waals surface area contributed by atoms with Crippen LogP contribution in [0.25, 0.3) is 0 Å². The Labute approximate surface area is 175 Å². The van der Waals surface area contributed by atoms with Gasteiger partial charge in [-0.15, -0.1) is 0 Å². The first-order chi connectivity index (χ1) is 12.9. The van der Waals surface area contributed by atoms with Crippen LogP contribution in [0.2, 0.25) is 15.1 Å². The summed E-state index contributed by atoms with van der Waals surface area (Å²) in [6.07, 6.45) is 0. The first-order valence-corrected chi connectivity index (χ1v) is 9.65. The number of nitro groups is 1. The van der Waals surface area contributed by atoms with Gasteiger partial charge in [-0.25, -0.2) is 0 Å². The van der Waals surface area contributed by atoms with Gasteiger partial charge in [-0.3, -0.25) is 10.1 Å². The molecule has 0 aromatic heterocycles. The number of halogens is 3. The summed E-state index contributed by atoms with van der Waals surface area (Å²) >= 11 is 20.2. The molecule has 0 bridgehead atoms. The highest BCUT2D eigenvalue weighted by molar-refractivity contribution is 7.99. The predicted molar refractivity (Wildman–Crippen MR) is 110 cm³/mol. The quantitative estimate of drug-likeness (QED) is 0.300. The van der Waals surface area contributed by atoms with E-state index in [9.17, 15) is 10.1 Å². The molecule has 3 aromatic rings. The zero-order valence-electron chi connectivity index (χ0n) is 13.9. The van der Waals surface area contributed by atoms with Crippen LogP contribution in [0.3, 0.4) is 0 Å². The molecule has 4 nitrogen and oxygen atoms in total. The van der Waals surface area contributed by atoms with Gasteiger partial charge in [0.2, 0.25) is 5.75 Å². The fourth-order valence-electron chi connectivity index (χ4n) is 2.28. The second kappa shape index (κ2) is 8.40. The van der Waals surface area contributed by atoms with Crippen LogP contribution in [-0.2, 0) is 0 Å². The molecule has 8 heteroatoms. The molecule has 0 N–H and O–H groups in total. The van der Waals surface area contributed by atoms with Gasteiger partial charge in [0.25, 0.3) is 0 Å². The van der Waals surface area contributed by atoms with Crippen LogP contribution in [0.15, 0.2) is 64.4 Å². The van der Waals surface area contributed by atoms with Gasteiger partial charge in [0.15, 0.2) is 0 Å². The molecule has 0 unspecified atom stereocenters. The van der Waals surface area contributed by atoms with Crippen molar-refractivity contribution in [3.63, 3.8) is 0 Å². The van der Waals surface area contributed by atoms with Crippen LogP contribution in [0.5, 0.6) is 11.5 Å². The molecule has 0 amide bonds. The summed E-state index contributed by atoms with van der Waals surface area (Å²) in [6, 6.07) is 15.1. The Balaban J connectivity index is 2.04. The Morgan fingerprint density at radius 3 is 2.33 bits per heavy atom. The van der Waals surface area contributed by atoms with Gasteiger partial charge < -0.3 is 4.74 Å². The van der Waals surface area contributed by atoms with Crippen LogP contribution >= 0.6 is 46.6 Å². The maximum absolute atomic E-state index is 11.4. The first kappa shape index (κ1) is 19.8. The van der Waals surface area contributed by atoms with Crippen molar-refractivity contribution in [2.45, 2.75) is 16.7 Å². The van der Waals surface area contributed by atoms with Crippen LogP contribution in [0.1, 0.15) is 5.56 Å². The van der Waals surface area contributed by atoms with E-state index in [0.29, 0.717) is 25.6 Å². The lowest BCUT2D eigenvalue weighted by molar-refractivity contribution is -0.385. The SMILES string of the molecule is Cc1cc(Cl)c(Sc2ccc([N+](=O)[O-])c(Oc3ccccc3)c2Cl)cc1Cl. The zero-order chi connectivity index (χ0) is 19.6. The summed E-state index contributed by atoms with van der Waals surface area (Å²) in [7, 11) is 0. The Kier molecular flexibility index (Phi) is 6.17. The molecule has 0 heterocycles. The lowest BCUT2D eigenvalue weighted by atomic mass is 10.2. The first-order valence-electron chi connectivity index (χ1n) is 7.70. The van der Waals surface area contributed by atoms with E-state index in [2.05, 4.69) is 0 Å². The number of ether oxygens (including phenoxy) is 1. The van der Waals surface area contributed by atoms with Gasteiger partial charge in [0, 0.05) is 20.9 Å². The Hall–Kier alpha value is -1.92. The summed E-state index contributed by atoms with van der Waals surface area (Å²) in [4.78, 5) is 12.1. The Bertz CT molecular complexity index is 1010. The van der Waals surface area contributed by atoms with E-state index in [4.69, 9.17) is 39.5 Å². The number of nitrogens with zero attached hydrogens (tertiary/aromatic N) is 1. The average molecular weight is 441 g/mol. The van der Waals surface area contributed by atoms with E-state index >= 15 is 0 Å². The highest BCUT2D eigenvalue weighted by Crippen LogP contribution is 2.46. The second-order valence-corrected chi connectivity index (χ2v) is 7.81. The molecule has 3 rings (SSSR count). The molecule has 0 aliphatic heterocycles. The number of aryl methyl sites for hydroxylation is 1. The molecule has 0 aliphatic carbocycles. The van der Waals surface area contributed by atoms with Crippen molar-refractivity contribution < 1.29 is 9.66 Å². The van der Waals surface area contributed by atoms with E-state index in [1.807, 2.05) is 13.0 Å². The van der Waals surface area contributed by atoms with Gasteiger partial charge in [-0.05, 0) is 42.8 Å². The molecule has 0 saturated heterocycles. The topological polar surface area (TPSA) is 52.4 Å². The zero-order valence-corrected chi connectivity index (χ0v) is 17.0. The molecule has 0 fully saturated rings. The summed E-state index contributed by atoms with van der Waals surface area (Å²) in [5.74, 6) is 0.424. The maximum Gasteiger partial charge on any atom is 0.313 e. The van der Waals surface area contributed by atoms with Crippen LogP contribution < -0.4 is 4.74 Å². The van der Waals surface area contributed by atoms with Gasteiger partial charge in [0.05, 0.1) is 9.95 Å². The lowest BCUT2D eigenvalue weighted by Crippen LogP contribution is -1.95. The maximum atomic E-state index is 11.4. The number of hydrogen-bond donors (Lipinski definition) is 0. The fourth-order valence-corrected chi connectivity index (χ4v) is 4.04. The Morgan fingerprint density at radius 2 is 1.67 bits per heavy atom. The monoisotopic (exact) mass is 439 g/mol. The molecule has 0 aliphatic rings. The minimum Gasteiger partial charge on any atom is -0.448 e. The van der Waals surface area contributed by atoms with Crippen LogP contribution in [0, 0.1) is 17.0 Å². The third-order valence-electron chi connectivity index (χ3n) is 3.63. The van der Waals surface area contributed by atoms with Gasteiger partial charge in [-0.1, -0.05) is 64.8 Å². The van der Waals surface area contributed by atoms with Crippen molar-refractivity contribution in [3.05, 3.63) is 85.3 Å². The third-order valence-corrected chi connectivity index (χ3v) is 6.07. The number of nitro benzene ring substituents is 1. The number of rotatable bonds is 5. The minimum atomic E-state index is -0.533. The smallest absolute Gasteiger partial charge is 0.313 e. The normalized spacial score (nSPS) is 10.7. The molecule has 0 radical (unpaired) electrons. The van der Waals surface area contributed by atoms with E-state index in [1.165, 1.54) is 17.8 Å². The fraction of sp³-hybridized carbons (Fsp3) is 0.0526. The van der Waals surface area contributed by atoms with Crippen molar-refractivity contribution in [1.82, 2.24) is 0 Å². The van der Waals surface area contributed by atoms with Crippen LogP contribution in [0.4, 0.5) is 5.69 Å². The second-order valence-electron chi connectivity index (χ2n) is 5.53. The predicted octanol–water partition coefficient (Wildman–Crippen LogP) is 7.81. The van der Waals surface area contributed by atoms with Gasteiger partial charge >= 0.3 is 5.69 Å². The molecular formula is C19H12Cl3NO3S. The Morgan fingerprint density at radius 1 is 0.963 bits per heavy atom. The summed E-state index contributed by atoms with van der Waals surface area (Å²) in [5.41, 5.74) is 0.634. The van der Waals surface area contributed by atoms with Crippen molar-refractivity contribution in [3.8, 4) is 11.5 Å². The highest BCUT2D eigenvalue weighted by atomic mass is 35.5.